The first-order valence-corrected chi connectivity index (χ1v) is 9.88. The van der Waals surface area contributed by atoms with E-state index in [9.17, 15) is 9.18 Å². The Balaban J connectivity index is 1.65. The summed E-state index contributed by atoms with van der Waals surface area (Å²) >= 11 is 0. The van der Waals surface area contributed by atoms with Crippen molar-refractivity contribution < 1.29 is 18.6 Å². The summed E-state index contributed by atoms with van der Waals surface area (Å²) in [7, 11) is 4.70. The molecule has 3 atom stereocenters. The highest BCUT2D eigenvalue weighted by Crippen LogP contribution is 2.33. The van der Waals surface area contributed by atoms with Crippen molar-refractivity contribution in [2.24, 2.45) is 13.0 Å². The lowest BCUT2D eigenvalue weighted by Gasteiger charge is -2.40. The van der Waals surface area contributed by atoms with Crippen LogP contribution in [0.2, 0.25) is 0 Å². The van der Waals surface area contributed by atoms with Crippen molar-refractivity contribution in [3.63, 3.8) is 0 Å². The molecule has 2 aromatic heterocycles. The van der Waals surface area contributed by atoms with E-state index < -0.39 is 11.9 Å². The molecule has 1 aliphatic carbocycles. The highest BCUT2D eigenvalue weighted by Gasteiger charge is 2.39. The zero-order chi connectivity index (χ0) is 22.0. The summed E-state index contributed by atoms with van der Waals surface area (Å²) in [5, 5.41) is 0. The highest BCUT2D eigenvalue weighted by molar-refractivity contribution is 5.55. The van der Waals surface area contributed by atoms with Crippen molar-refractivity contribution >= 4 is 5.95 Å². The number of anilines is 1. The molecule has 9 nitrogen and oxygen atoms in total. The molecule has 3 heterocycles. The molecule has 0 aromatic carbocycles. The summed E-state index contributed by atoms with van der Waals surface area (Å²) in [5.41, 5.74) is 0.839. The van der Waals surface area contributed by atoms with E-state index in [1.165, 1.54) is 43.3 Å². The van der Waals surface area contributed by atoms with E-state index in [1.54, 1.807) is 19.3 Å². The van der Waals surface area contributed by atoms with Gasteiger partial charge in [0.05, 0.1) is 43.2 Å². The minimum atomic E-state index is -0.533. The zero-order valence-electron chi connectivity index (χ0n) is 17.6. The Hall–Kier alpha value is -3.11. The van der Waals surface area contributed by atoms with Gasteiger partial charge in [-0.1, -0.05) is 0 Å². The van der Waals surface area contributed by atoms with Gasteiger partial charge in [-0.05, 0) is 12.1 Å². The second-order valence-electron chi connectivity index (χ2n) is 7.32. The fourth-order valence-corrected chi connectivity index (χ4v) is 3.97. The first-order valence-electron chi connectivity index (χ1n) is 9.88. The second kappa shape index (κ2) is 8.94. The molecule has 0 bridgehead atoms. The maximum Gasteiger partial charge on any atom is 0.255 e. The molecule has 0 saturated carbocycles. The van der Waals surface area contributed by atoms with Crippen LogP contribution in [0, 0.1) is 5.92 Å². The quantitative estimate of drug-likeness (QED) is 0.706. The van der Waals surface area contributed by atoms with E-state index in [0.717, 1.165) is 0 Å². The number of rotatable bonds is 5. The average Bonchev–Trinajstić information content (AvgIpc) is 2.80. The molecule has 1 aliphatic heterocycles. The van der Waals surface area contributed by atoms with E-state index in [4.69, 9.17) is 19.2 Å². The van der Waals surface area contributed by atoms with E-state index in [1.807, 2.05) is 4.90 Å². The fourth-order valence-electron chi connectivity index (χ4n) is 3.97. The highest BCUT2D eigenvalue weighted by atomic mass is 19.1. The summed E-state index contributed by atoms with van der Waals surface area (Å²) in [6.07, 6.45) is 4.90. The van der Waals surface area contributed by atoms with Crippen LogP contribution in [0.5, 0.6) is 0 Å². The van der Waals surface area contributed by atoms with Gasteiger partial charge in [0.15, 0.2) is 0 Å². The van der Waals surface area contributed by atoms with Crippen LogP contribution in [-0.4, -0.2) is 65.6 Å². The third-order valence-electron chi connectivity index (χ3n) is 5.53. The topological polar surface area (TPSA) is 91.6 Å². The van der Waals surface area contributed by atoms with Crippen molar-refractivity contribution in [1.82, 2.24) is 19.5 Å². The van der Waals surface area contributed by atoms with Gasteiger partial charge in [-0.2, -0.15) is 0 Å². The number of morpholine rings is 1. The molecular formula is C21H24FN5O4. The number of aromatic nitrogens is 4. The van der Waals surface area contributed by atoms with Crippen molar-refractivity contribution in [2.45, 2.75) is 12.2 Å². The Labute approximate surface area is 178 Å². The van der Waals surface area contributed by atoms with Crippen molar-refractivity contribution in [3.05, 3.63) is 58.7 Å². The summed E-state index contributed by atoms with van der Waals surface area (Å²) in [6, 6.07) is 3.15. The number of nitrogens with zero attached hydrogens (tertiary/aromatic N) is 5. The van der Waals surface area contributed by atoms with Gasteiger partial charge in [0.2, 0.25) is 5.95 Å². The molecule has 0 N–H and O–H groups in total. The lowest BCUT2D eigenvalue weighted by Crippen LogP contribution is -2.51. The van der Waals surface area contributed by atoms with Crippen LogP contribution in [0.4, 0.5) is 10.3 Å². The van der Waals surface area contributed by atoms with E-state index in [-0.39, 0.29) is 17.6 Å². The van der Waals surface area contributed by atoms with Gasteiger partial charge in [-0.3, -0.25) is 9.36 Å². The number of hydrogen-bond acceptors (Lipinski definition) is 8. The van der Waals surface area contributed by atoms with E-state index in [0.29, 0.717) is 42.8 Å². The monoisotopic (exact) mass is 429 g/mol. The van der Waals surface area contributed by atoms with Gasteiger partial charge >= 0.3 is 0 Å². The van der Waals surface area contributed by atoms with E-state index >= 15 is 0 Å². The van der Waals surface area contributed by atoms with Crippen LogP contribution in [0.25, 0.3) is 11.4 Å². The largest absolute Gasteiger partial charge is 0.500 e. The molecule has 2 unspecified atom stereocenters. The van der Waals surface area contributed by atoms with Gasteiger partial charge < -0.3 is 19.1 Å². The van der Waals surface area contributed by atoms with Crippen molar-refractivity contribution in [2.75, 3.05) is 38.8 Å². The third kappa shape index (κ3) is 4.21. The Morgan fingerprint density at radius 1 is 1.29 bits per heavy atom. The number of ether oxygens (including phenoxy) is 3. The first-order chi connectivity index (χ1) is 15.0. The molecule has 31 heavy (non-hydrogen) atoms. The summed E-state index contributed by atoms with van der Waals surface area (Å²) in [5.74, 6) is 0.216. The average molecular weight is 429 g/mol. The Morgan fingerprint density at radius 3 is 2.84 bits per heavy atom. The molecule has 4 rings (SSSR count). The van der Waals surface area contributed by atoms with Crippen LogP contribution < -0.4 is 10.5 Å². The number of allylic oxidation sites excluding steroid dienone is 2. The van der Waals surface area contributed by atoms with Crippen LogP contribution in [-0.2, 0) is 21.3 Å². The molecule has 1 fully saturated rings. The van der Waals surface area contributed by atoms with E-state index in [2.05, 4.69) is 9.97 Å². The van der Waals surface area contributed by atoms with Gasteiger partial charge in [0.1, 0.15) is 17.9 Å². The maximum absolute atomic E-state index is 14.0. The van der Waals surface area contributed by atoms with Crippen LogP contribution in [0.15, 0.2) is 53.2 Å². The van der Waals surface area contributed by atoms with Gasteiger partial charge in [0.25, 0.3) is 5.56 Å². The van der Waals surface area contributed by atoms with Gasteiger partial charge in [0, 0.05) is 45.6 Å². The van der Waals surface area contributed by atoms with Crippen LogP contribution in [0.1, 0.15) is 0 Å². The first kappa shape index (κ1) is 21.1. The summed E-state index contributed by atoms with van der Waals surface area (Å²) in [6.45, 7) is 1.38. The molecule has 2 aliphatic rings. The lowest BCUT2D eigenvalue weighted by atomic mass is 9.88. The second-order valence-corrected chi connectivity index (χ2v) is 7.32. The fraction of sp³-hybridized carbons (Fsp3) is 0.429. The Bertz CT molecular complexity index is 1060. The maximum atomic E-state index is 14.0. The normalized spacial score (nSPS) is 23.9. The molecule has 0 radical (unpaired) electrons. The Kier molecular flexibility index (Phi) is 6.10. The number of methoxy groups -OCH3 is 2. The molecular weight excluding hydrogens is 405 g/mol. The standard InChI is InChI=1S/C21H24FN5O4/c1-26-19(28)10-15(14-4-5-23-12-24-14)25-21(26)27-6-7-31-18(11-27)20-16(29-2)8-13(22)9-17(20)30-3/h4-5,8-10,12,16,18,20H,6-7,11H2,1-3H3/t16?,18-,20?/m0/s1. The number of halogens is 1. The third-order valence-corrected chi connectivity index (χ3v) is 5.53. The van der Waals surface area contributed by atoms with Crippen molar-refractivity contribution in [1.29, 1.82) is 0 Å². The molecule has 164 valence electrons. The molecule has 2 aromatic rings. The molecule has 0 spiro atoms. The summed E-state index contributed by atoms with van der Waals surface area (Å²) < 4.78 is 32.4. The Morgan fingerprint density at radius 2 is 2.13 bits per heavy atom. The van der Waals surface area contributed by atoms with Gasteiger partial charge in [-0.15, -0.1) is 0 Å². The summed E-state index contributed by atoms with van der Waals surface area (Å²) in [4.78, 5) is 27.4. The minimum Gasteiger partial charge on any atom is -0.500 e. The predicted molar refractivity (Wildman–Crippen MR) is 111 cm³/mol. The predicted octanol–water partition coefficient (Wildman–Crippen LogP) is 1.47. The van der Waals surface area contributed by atoms with Crippen molar-refractivity contribution in [3.8, 4) is 11.4 Å². The molecule has 10 heteroatoms. The smallest absolute Gasteiger partial charge is 0.255 e. The minimum absolute atomic E-state index is 0.198. The molecule has 0 amide bonds. The van der Waals surface area contributed by atoms with Gasteiger partial charge in [-0.25, -0.2) is 19.3 Å². The zero-order valence-corrected chi connectivity index (χ0v) is 17.6. The molecule has 1 saturated heterocycles. The SMILES string of the molecule is COC1=CC(F)=CC(OC)C1[C@@H]1CN(c2nc(-c3ccncn3)cc(=O)n2C)CCO1. The van der Waals surface area contributed by atoms with Crippen LogP contribution >= 0.6 is 0 Å². The lowest BCUT2D eigenvalue weighted by molar-refractivity contribution is -0.0469. The van der Waals surface area contributed by atoms with Crippen LogP contribution in [0.3, 0.4) is 0 Å². The number of hydrogen-bond donors (Lipinski definition) is 0.